The van der Waals surface area contributed by atoms with E-state index < -0.39 is 35.2 Å². The third-order valence-electron chi connectivity index (χ3n) is 5.83. The minimum atomic E-state index is -0.963. The van der Waals surface area contributed by atoms with Gasteiger partial charge in [0.05, 0.1) is 22.4 Å². The van der Waals surface area contributed by atoms with Crippen LogP contribution in [0.4, 0.5) is 25.6 Å². The number of carbonyl (C=O) groups excluding carboxylic acids is 2. The number of anilines is 2. The van der Waals surface area contributed by atoms with Crippen LogP contribution in [-0.4, -0.2) is 51.5 Å². The van der Waals surface area contributed by atoms with Crippen molar-refractivity contribution >= 4 is 73.9 Å². The van der Waals surface area contributed by atoms with E-state index in [1.807, 2.05) is 6.92 Å². The van der Waals surface area contributed by atoms with Crippen LogP contribution in [-0.2, 0) is 9.47 Å². The van der Waals surface area contributed by atoms with Crippen LogP contribution in [0.2, 0.25) is 10.3 Å². The van der Waals surface area contributed by atoms with Crippen molar-refractivity contribution in [3.05, 3.63) is 44.5 Å². The predicted molar refractivity (Wildman–Crippen MR) is 158 cm³/mol. The van der Waals surface area contributed by atoms with E-state index in [-0.39, 0.29) is 56.2 Å². The average Bonchev–Trinajstić information content (AvgIpc) is 3.04. The van der Waals surface area contributed by atoms with Crippen molar-refractivity contribution in [2.75, 3.05) is 23.0 Å². The van der Waals surface area contributed by atoms with Gasteiger partial charge in [-0.25, -0.2) is 23.9 Å². The van der Waals surface area contributed by atoms with Gasteiger partial charge in [0.1, 0.15) is 34.2 Å². The number of benzene rings is 1. The quantitative estimate of drug-likeness (QED) is 0.203. The van der Waals surface area contributed by atoms with Gasteiger partial charge in [0.15, 0.2) is 17.4 Å². The second-order valence-corrected chi connectivity index (χ2v) is 12.8. The number of nitrogens with zero attached hydrogens (tertiary/aromatic N) is 5. The highest BCUT2D eigenvalue weighted by atomic mass is 79.9. The lowest BCUT2D eigenvalue weighted by molar-refractivity contribution is 0.0428. The fourth-order valence-electron chi connectivity index (χ4n) is 4.23. The van der Waals surface area contributed by atoms with E-state index in [0.717, 1.165) is 4.90 Å². The van der Waals surface area contributed by atoms with E-state index in [4.69, 9.17) is 37.4 Å². The summed E-state index contributed by atoms with van der Waals surface area (Å²) >= 11 is 15.9. The Balaban J connectivity index is 1.89. The number of hydrogen-bond acceptors (Lipinski definition) is 9. The maximum Gasteiger partial charge on any atom is 0.425 e. The Kier molecular flexibility index (Phi) is 8.60. The smallest absolute Gasteiger partial charge is 0.425 e. The van der Waals surface area contributed by atoms with Crippen LogP contribution >= 0.6 is 39.1 Å². The maximum atomic E-state index is 15.3. The van der Waals surface area contributed by atoms with Gasteiger partial charge < -0.3 is 19.1 Å². The second-order valence-electron chi connectivity index (χ2n) is 11.2. The molecule has 0 unspecified atom stereocenters. The van der Waals surface area contributed by atoms with Gasteiger partial charge in [-0.1, -0.05) is 17.7 Å². The molecule has 3 aromatic rings. The van der Waals surface area contributed by atoms with E-state index >= 15 is 4.39 Å². The first-order chi connectivity index (χ1) is 19.0. The first-order valence-corrected chi connectivity index (χ1v) is 14.2. The Labute approximate surface area is 255 Å². The van der Waals surface area contributed by atoms with Crippen molar-refractivity contribution in [1.29, 1.82) is 0 Å². The number of pyridine rings is 1. The van der Waals surface area contributed by atoms with Crippen LogP contribution < -0.4 is 14.5 Å². The maximum absolute atomic E-state index is 15.3. The van der Waals surface area contributed by atoms with Gasteiger partial charge in [-0.05, 0) is 82.1 Å². The normalized spacial score (nSPS) is 14.3. The molecule has 220 valence electrons. The molecule has 0 radical (unpaired) electrons. The summed E-state index contributed by atoms with van der Waals surface area (Å²) in [6.45, 7) is 12.3. The van der Waals surface area contributed by atoms with E-state index in [0.29, 0.717) is 5.56 Å². The van der Waals surface area contributed by atoms with Crippen LogP contribution in [0.1, 0.15) is 60.1 Å². The van der Waals surface area contributed by atoms with Gasteiger partial charge in [-0.15, -0.1) is 0 Å². The number of hydrogen-bond donors (Lipinski definition) is 0. The zero-order valence-electron chi connectivity index (χ0n) is 23.5. The Morgan fingerprint density at radius 3 is 2.32 bits per heavy atom. The number of amides is 2. The molecule has 2 amide bonds. The molecule has 0 saturated carbocycles. The molecule has 0 N–H and O–H groups in total. The molecule has 1 aliphatic rings. The van der Waals surface area contributed by atoms with Gasteiger partial charge in [-0.3, -0.25) is 0 Å². The first kappa shape index (κ1) is 31.0. The minimum absolute atomic E-state index is 0.00898. The van der Waals surface area contributed by atoms with E-state index in [1.54, 1.807) is 58.6 Å². The van der Waals surface area contributed by atoms with Crippen molar-refractivity contribution < 1.29 is 28.2 Å². The van der Waals surface area contributed by atoms with Crippen molar-refractivity contribution in [3.8, 4) is 5.75 Å². The number of ether oxygens (including phenoxy) is 3. The number of halogens is 4. The van der Waals surface area contributed by atoms with Gasteiger partial charge in [0.25, 0.3) is 0 Å². The van der Waals surface area contributed by atoms with E-state index in [2.05, 4.69) is 30.9 Å². The zero-order chi connectivity index (χ0) is 30.4. The van der Waals surface area contributed by atoms with Gasteiger partial charge in [-0.2, -0.15) is 9.88 Å². The molecule has 0 bridgehead atoms. The van der Waals surface area contributed by atoms with Gasteiger partial charge >= 0.3 is 12.2 Å². The zero-order valence-corrected chi connectivity index (χ0v) is 26.6. The van der Waals surface area contributed by atoms with Crippen LogP contribution in [0, 0.1) is 5.82 Å². The number of rotatable bonds is 3. The summed E-state index contributed by atoms with van der Waals surface area (Å²) in [5.41, 5.74) is -1.46. The summed E-state index contributed by atoms with van der Waals surface area (Å²) in [5.74, 6) is -0.276. The molecule has 1 aromatic carbocycles. The summed E-state index contributed by atoms with van der Waals surface area (Å²) in [4.78, 5) is 42.2. The van der Waals surface area contributed by atoms with Crippen molar-refractivity contribution in [2.24, 2.45) is 0 Å². The molecular weight excluding hydrogens is 644 g/mol. The average molecular weight is 673 g/mol. The Morgan fingerprint density at radius 1 is 1.12 bits per heavy atom. The largest absolute Gasteiger partial charge is 0.489 e. The molecule has 0 saturated heterocycles. The number of aromatic nitrogens is 3. The first-order valence-electron chi connectivity index (χ1n) is 12.6. The van der Waals surface area contributed by atoms with Crippen LogP contribution in [0.5, 0.6) is 5.75 Å². The van der Waals surface area contributed by atoms with E-state index in [9.17, 15) is 9.59 Å². The van der Waals surface area contributed by atoms with Crippen LogP contribution in [0.15, 0.2) is 22.8 Å². The highest BCUT2D eigenvalue weighted by molar-refractivity contribution is 9.10. The highest BCUT2D eigenvalue weighted by Crippen LogP contribution is 2.47. The summed E-state index contributed by atoms with van der Waals surface area (Å²) in [7, 11) is 0. The standard InChI is InChI=1S/C27H29BrCl2FN5O5/c1-13(35-11-12-39-20-15-19(18(31)16(28)17(20)29)33-23(30)34-22(15)35)14-9-8-10-32-21(14)36(24(37)40-26(2,3)4)25(38)41-27(5,6)7/h8-10,13H,11-12H2,1-7H3/t13-/m1/s1. The number of carbonyl (C=O) groups is 2. The molecule has 0 spiro atoms. The second kappa shape index (κ2) is 11.4. The third kappa shape index (κ3) is 6.44. The lowest BCUT2D eigenvalue weighted by Gasteiger charge is -2.33. The van der Waals surface area contributed by atoms with E-state index in [1.165, 1.54) is 6.20 Å². The molecule has 1 aliphatic heterocycles. The Hall–Kier alpha value is -2.96. The Morgan fingerprint density at radius 2 is 1.73 bits per heavy atom. The van der Waals surface area contributed by atoms with Crippen LogP contribution in [0.3, 0.4) is 0 Å². The molecule has 4 rings (SSSR count). The predicted octanol–water partition coefficient (Wildman–Crippen LogP) is 7.87. The van der Waals surface area contributed by atoms with Gasteiger partial charge in [0.2, 0.25) is 5.28 Å². The molecule has 41 heavy (non-hydrogen) atoms. The topological polar surface area (TPSA) is 107 Å². The molecule has 0 aliphatic carbocycles. The summed E-state index contributed by atoms with van der Waals surface area (Å²) in [5, 5.41) is 0.0621. The summed E-state index contributed by atoms with van der Waals surface area (Å²) in [6, 6.07) is 2.76. The monoisotopic (exact) mass is 671 g/mol. The molecule has 10 nitrogen and oxygen atoms in total. The highest BCUT2D eigenvalue weighted by Gasteiger charge is 2.37. The summed E-state index contributed by atoms with van der Waals surface area (Å²) < 4.78 is 32.3. The molecule has 1 atom stereocenters. The Bertz CT molecular complexity index is 1500. The molecule has 0 fully saturated rings. The van der Waals surface area contributed by atoms with Crippen molar-refractivity contribution in [1.82, 2.24) is 15.0 Å². The summed E-state index contributed by atoms with van der Waals surface area (Å²) in [6.07, 6.45) is -0.482. The lowest BCUT2D eigenvalue weighted by Crippen LogP contribution is -2.45. The molecule has 2 aromatic heterocycles. The number of imide groups is 1. The minimum Gasteiger partial charge on any atom is -0.489 e. The van der Waals surface area contributed by atoms with Crippen LogP contribution in [0.25, 0.3) is 10.9 Å². The van der Waals surface area contributed by atoms with Gasteiger partial charge in [0, 0.05) is 11.8 Å². The SMILES string of the molecule is C[C@H](c1cccnc1N(C(=O)OC(C)(C)C)C(=O)OC(C)(C)C)N1CCOc2c(Cl)c(Br)c(F)c3nc(Cl)nc1c23. The fourth-order valence-corrected chi connectivity index (χ4v) is 4.99. The molecule has 3 heterocycles. The molecule has 14 heteroatoms. The third-order valence-corrected chi connectivity index (χ3v) is 7.33. The fraction of sp³-hybridized carbons (Fsp3) is 0.444. The van der Waals surface area contributed by atoms with Crippen molar-refractivity contribution in [3.63, 3.8) is 0 Å². The molecular formula is C27H29BrCl2FN5O5. The lowest BCUT2D eigenvalue weighted by atomic mass is 10.1. The van der Waals surface area contributed by atoms with Crippen molar-refractivity contribution in [2.45, 2.75) is 65.7 Å².